The van der Waals surface area contributed by atoms with E-state index < -0.39 is 0 Å². The zero-order valence-electron chi connectivity index (χ0n) is 18.0. The van der Waals surface area contributed by atoms with E-state index >= 15 is 0 Å². The van der Waals surface area contributed by atoms with Crippen LogP contribution in [0.3, 0.4) is 0 Å². The Hall–Kier alpha value is -2.08. The average Bonchev–Trinajstić information content (AvgIpc) is 2.91. The minimum atomic E-state index is -0.245. The number of para-hydroxylation sites is 1. The monoisotopic (exact) mass is 393 g/mol. The van der Waals surface area contributed by atoms with Gasteiger partial charge in [0.1, 0.15) is 0 Å². The van der Waals surface area contributed by atoms with E-state index in [0.29, 0.717) is 12.6 Å². The number of hydrogen-bond acceptors (Lipinski definition) is 4. The van der Waals surface area contributed by atoms with Gasteiger partial charge in [-0.3, -0.25) is 0 Å². The van der Waals surface area contributed by atoms with Gasteiger partial charge in [0.05, 0.1) is 5.70 Å². The highest BCUT2D eigenvalue weighted by Gasteiger charge is 2.38. The summed E-state index contributed by atoms with van der Waals surface area (Å²) in [4.78, 5) is 0. The van der Waals surface area contributed by atoms with Crippen molar-refractivity contribution < 1.29 is 5.21 Å². The predicted octanol–water partition coefficient (Wildman–Crippen LogP) is 4.07. The summed E-state index contributed by atoms with van der Waals surface area (Å²) in [5, 5.41) is 24.0. The second kappa shape index (κ2) is 7.63. The molecule has 0 bridgehead atoms. The zero-order chi connectivity index (χ0) is 20.6. The summed E-state index contributed by atoms with van der Waals surface area (Å²) in [7, 11) is 0. The lowest BCUT2D eigenvalue weighted by molar-refractivity contribution is -0.195. The Morgan fingerprint density at radius 2 is 1.97 bits per heavy atom. The summed E-state index contributed by atoms with van der Waals surface area (Å²) >= 11 is 0. The lowest BCUT2D eigenvalue weighted by Crippen LogP contribution is -2.34. The van der Waals surface area contributed by atoms with Crippen LogP contribution >= 0.6 is 0 Å². The third-order valence-corrected chi connectivity index (χ3v) is 6.12. The van der Waals surface area contributed by atoms with E-state index in [9.17, 15) is 5.21 Å². The lowest BCUT2D eigenvalue weighted by Gasteiger charge is -2.32. The van der Waals surface area contributed by atoms with Crippen LogP contribution in [0.4, 0.5) is 5.69 Å². The Bertz CT molecular complexity index is 865. The number of benzene rings is 1. The van der Waals surface area contributed by atoms with Crippen LogP contribution in [0.15, 0.2) is 53.8 Å². The van der Waals surface area contributed by atoms with E-state index in [2.05, 4.69) is 72.3 Å². The molecule has 1 unspecified atom stereocenters. The van der Waals surface area contributed by atoms with E-state index in [1.807, 2.05) is 13.8 Å². The topological polar surface area (TPSA) is 59.2 Å². The molecule has 1 radical (unpaired) electrons. The molecule has 4 rings (SSSR count). The zero-order valence-corrected chi connectivity index (χ0v) is 18.0. The number of rotatable bonds is 6. The molecule has 0 aromatic heterocycles. The van der Waals surface area contributed by atoms with Gasteiger partial charge in [-0.1, -0.05) is 50.3 Å². The number of nitrogens with one attached hydrogen (secondary N) is 3. The molecule has 1 aliphatic carbocycles. The molecule has 1 saturated heterocycles. The van der Waals surface area contributed by atoms with Gasteiger partial charge < -0.3 is 16.0 Å². The number of fused-ring (bicyclic) bond motifs is 2. The van der Waals surface area contributed by atoms with Crippen LogP contribution in [0.2, 0.25) is 0 Å². The molecular weight excluding hydrogens is 360 g/mol. The first-order valence-corrected chi connectivity index (χ1v) is 10.7. The second-order valence-corrected chi connectivity index (χ2v) is 9.68. The molecule has 155 valence electrons. The maximum absolute atomic E-state index is 11.9. The summed E-state index contributed by atoms with van der Waals surface area (Å²) < 4.78 is 0. The SMILES string of the molecule is CC1(C)C=CC2=C(NCCCNC3CN([O])C(C)(C)C3)c3ccccc3NC2=C1. The molecular formula is C24H33N4O. The Morgan fingerprint density at radius 3 is 2.72 bits per heavy atom. The number of hydroxylamine groups is 2. The smallest absolute Gasteiger partial charge is 0.0529 e. The van der Waals surface area contributed by atoms with Crippen molar-refractivity contribution in [1.82, 2.24) is 15.7 Å². The molecule has 1 aromatic carbocycles. The molecule has 1 aromatic rings. The minimum Gasteiger partial charge on any atom is -0.384 e. The fourth-order valence-electron chi connectivity index (χ4n) is 4.46. The fourth-order valence-corrected chi connectivity index (χ4v) is 4.46. The first-order chi connectivity index (χ1) is 13.8. The molecule has 29 heavy (non-hydrogen) atoms. The van der Waals surface area contributed by atoms with Crippen molar-refractivity contribution in [3.05, 3.63) is 59.3 Å². The van der Waals surface area contributed by atoms with Crippen molar-refractivity contribution in [3.63, 3.8) is 0 Å². The number of allylic oxidation sites excluding steroid dienone is 3. The highest BCUT2D eigenvalue weighted by Crippen LogP contribution is 2.39. The van der Waals surface area contributed by atoms with Gasteiger partial charge in [-0.2, -0.15) is 0 Å². The van der Waals surface area contributed by atoms with Crippen molar-refractivity contribution in [2.24, 2.45) is 5.41 Å². The van der Waals surface area contributed by atoms with Crippen LogP contribution in [0.25, 0.3) is 5.70 Å². The number of anilines is 1. The van der Waals surface area contributed by atoms with E-state index in [4.69, 9.17) is 0 Å². The molecule has 0 saturated carbocycles. The summed E-state index contributed by atoms with van der Waals surface area (Å²) in [5.41, 5.74) is 5.79. The molecule has 3 N–H and O–H groups in total. The highest BCUT2D eigenvalue weighted by molar-refractivity contribution is 5.87. The van der Waals surface area contributed by atoms with E-state index in [-0.39, 0.29) is 11.0 Å². The standard InChI is InChI=1S/C24H33N4O/c1-23(2)11-10-19-21(15-23)27-20-9-6-5-8-18(20)22(19)26-13-7-12-25-17-14-24(3,4)28(29)16-17/h5-6,8-11,15,17,25-27H,7,12-14,16H2,1-4H3. The predicted molar refractivity (Wildman–Crippen MR) is 118 cm³/mol. The van der Waals surface area contributed by atoms with Crippen LogP contribution in [0.5, 0.6) is 0 Å². The molecule has 1 atom stereocenters. The molecule has 2 heterocycles. The lowest BCUT2D eigenvalue weighted by atomic mass is 9.83. The third kappa shape index (κ3) is 4.27. The van der Waals surface area contributed by atoms with E-state index in [1.165, 1.54) is 27.6 Å². The van der Waals surface area contributed by atoms with Crippen LogP contribution in [-0.2, 0) is 5.21 Å². The molecule has 0 amide bonds. The Morgan fingerprint density at radius 1 is 1.17 bits per heavy atom. The first kappa shape index (κ1) is 20.2. The quantitative estimate of drug-likeness (QED) is 0.638. The maximum Gasteiger partial charge on any atom is 0.0529 e. The first-order valence-electron chi connectivity index (χ1n) is 10.7. The highest BCUT2D eigenvalue weighted by atomic mass is 16.5. The minimum absolute atomic E-state index is 0.0532. The number of nitrogens with zero attached hydrogens (tertiary/aromatic N) is 1. The largest absolute Gasteiger partial charge is 0.384 e. The normalized spacial score (nSPS) is 24.6. The summed E-state index contributed by atoms with van der Waals surface area (Å²) in [5.74, 6) is 0. The molecule has 3 aliphatic rings. The Kier molecular flexibility index (Phi) is 5.32. The summed E-state index contributed by atoms with van der Waals surface area (Å²) in [6, 6.07) is 8.76. The van der Waals surface area contributed by atoms with Crippen LogP contribution < -0.4 is 16.0 Å². The molecule has 2 aliphatic heterocycles. The van der Waals surface area contributed by atoms with Gasteiger partial charge in [0, 0.05) is 52.6 Å². The molecule has 5 nitrogen and oxygen atoms in total. The Balaban J connectivity index is 1.39. The van der Waals surface area contributed by atoms with Gasteiger partial charge >= 0.3 is 0 Å². The second-order valence-electron chi connectivity index (χ2n) is 9.68. The maximum atomic E-state index is 11.9. The van der Waals surface area contributed by atoms with Gasteiger partial charge in [-0.25, -0.2) is 0 Å². The average molecular weight is 394 g/mol. The van der Waals surface area contributed by atoms with E-state index in [0.717, 1.165) is 31.6 Å². The van der Waals surface area contributed by atoms with Crippen LogP contribution in [0.1, 0.15) is 46.1 Å². The summed E-state index contributed by atoms with van der Waals surface area (Å²) in [6.45, 7) is 10.9. The molecule has 1 fully saturated rings. The third-order valence-electron chi connectivity index (χ3n) is 6.12. The fraction of sp³-hybridized carbons (Fsp3) is 0.500. The number of hydrogen-bond donors (Lipinski definition) is 3. The van der Waals surface area contributed by atoms with Crippen molar-refractivity contribution in [1.29, 1.82) is 0 Å². The van der Waals surface area contributed by atoms with Crippen molar-refractivity contribution in [2.75, 3.05) is 25.0 Å². The van der Waals surface area contributed by atoms with Crippen molar-refractivity contribution in [3.8, 4) is 0 Å². The van der Waals surface area contributed by atoms with Crippen molar-refractivity contribution >= 4 is 11.4 Å². The van der Waals surface area contributed by atoms with Gasteiger partial charge in [-0.05, 0) is 39.3 Å². The van der Waals surface area contributed by atoms with Gasteiger partial charge in [0.2, 0.25) is 0 Å². The summed E-state index contributed by atoms with van der Waals surface area (Å²) in [6.07, 6.45) is 8.73. The van der Waals surface area contributed by atoms with Gasteiger partial charge in [0.15, 0.2) is 0 Å². The van der Waals surface area contributed by atoms with E-state index in [1.54, 1.807) is 0 Å². The van der Waals surface area contributed by atoms with Crippen LogP contribution in [0, 0.1) is 5.41 Å². The van der Waals surface area contributed by atoms with Crippen molar-refractivity contribution in [2.45, 2.75) is 52.1 Å². The molecule has 5 heteroatoms. The molecule has 0 spiro atoms. The van der Waals surface area contributed by atoms with Gasteiger partial charge in [-0.15, -0.1) is 10.3 Å². The van der Waals surface area contributed by atoms with Crippen LogP contribution in [-0.4, -0.2) is 36.3 Å². The Labute approximate surface area is 174 Å². The van der Waals surface area contributed by atoms with Gasteiger partial charge in [0.25, 0.3) is 0 Å².